The fourth-order valence-corrected chi connectivity index (χ4v) is 2.55. The third kappa shape index (κ3) is 2.85. The maximum atomic E-state index is 13.9. The van der Waals surface area contributed by atoms with Crippen LogP contribution in [-0.2, 0) is 0 Å². The number of aryl methyl sites for hydroxylation is 1. The first-order chi connectivity index (χ1) is 9.56. The molecule has 0 aliphatic rings. The highest BCUT2D eigenvalue weighted by atomic mass is 35.5. The van der Waals surface area contributed by atoms with Gasteiger partial charge in [-0.25, -0.2) is 4.39 Å². The van der Waals surface area contributed by atoms with E-state index in [0.29, 0.717) is 16.1 Å². The van der Waals surface area contributed by atoms with Gasteiger partial charge in [-0.3, -0.25) is 0 Å². The number of aliphatic hydroxyl groups is 1. The topological polar surface area (TPSA) is 46.2 Å². The van der Waals surface area contributed by atoms with Gasteiger partial charge < -0.3 is 10.8 Å². The average Bonchev–Trinajstić information content (AvgIpc) is 2.44. The van der Waals surface area contributed by atoms with Crippen molar-refractivity contribution in [1.29, 1.82) is 0 Å². The van der Waals surface area contributed by atoms with Crippen LogP contribution in [0.4, 0.5) is 4.39 Å². The molecule has 0 saturated heterocycles. The fourth-order valence-electron chi connectivity index (χ4n) is 2.32. The van der Waals surface area contributed by atoms with Crippen molar-refractivity contribution in [3.8, 4) is 0 Å². The van der Waals surface area contributed by atoms with Crippen molar-refractivity contribution < 1.29 is 9.50 Å². The molecule has 2 unspecified atom stereocenters. The second-order valence-corrected chi connectivity index (χ2v) is 5.16. The van der Waals surface area contributed by atoms with E-state index in [1.54, 1.807) is 24.3 Å². The summed E-state index contributed by atoms with van der Waals surface area (Å²) in [5.41, 5.74) is 7.58. The van der Waals surface area contributed by atoms with Gasteiger partial charge in [-0.15, -0.1) is 0 Å². The van der Waals surface area contributed by atoms with Crippen LogP contribution in [0.25, 0.3) is 0 Å². The standard InChI is InChI=1S/C16H17ClFNO/c1-10-5-4-7-12(15(10)17)16(20)13(9-19)11-6-2-3-8-14(11)18/h2-8,13,16,20H,9,19H2,1H3. The zero-order valence-corrected chi connectivity index (χ0v) is 11.9. The zero-order chi connectivity index (χ0) is 14.7. The largest absolute Gasteiger partial charge is 0.388 e. The van der Waals surface area contributed by atoms with Gasteiger partial charge in [0.2, 0.25) is 0 Å². The van der Waals surface area contributed by atoms with Crippen LogP contribution in [0.3, 0.4) is 0 Å². The molecule has 0 amide bonds. The lowest BCUT2D eigenvalue weighted by Gasteiger charge is -2.24. The van der Waals surface area contributed by atoms with Gasteiger partial charge in [0.25, 0.3) is 0 Å². The molecule has 0 fully saturated rings. The minimum atomic E-state index is -0.940. The molecule has 0 heterocycles. The third-order valence-corrected chi connectivity index (χ3v) is 4.00. The number of hydrogen-bond acceptors (Lipinski definition) is 2. The maximum absolute atomic E-state index is 13.9. The van der Waals surface area contributed by atoms with Crippen LogP contribution >= 0.6 is 11.6 Å². The molecule has 0 bridgehead atoms. The molecule has 2 aromatic carbocycles. The highest BCUT2D eigenvalue weighted by molar-refractivity contribution is 6.32. The molecule has 2 nitrogen and oxygen atoms in total. The molecule has 0 saturated carbocycles. The number of hydrogen-bond donors (Lipinski definition) is 2. The number of rotatable bonds is 4. The van der Waals surface area contributed by atoms with Crippen molar-refractivity contribution in [3.05, 3.63) is 70.0 Å². The Labute approximate surface area is 123 Å². The summed E-state index contributed by atoms with van der Waals surface area (Å²) in [4.78, 5) is 0. The number of benzene rings is 2. The lowest BCUT2D eigenvalue weighted by molar-refractivity contribution is 0.146. The van der Waals surface area contributed by atoms with Crippen LogP contribution in [0.15, 0.2) is 42.5 Å². The molecular weight excluding hydrogens is 277 g/mol. The van der Waals surface area contributed by atoms with Gasteiger partial charge in [0.15, 0.2) is 0 Å². The van der Waals surface area contributed by atoms with Crippen LogP contribution in [0.1, 0.15) is 28.7 Å². The lowest BCUT2D eigenvalue weighted by atomic mass is 9.88. The van der Waals surface area contributed by atoms with Crippen molar-refractivity contribution in [2.24, 2.45) is 5.73 Å². The SMILES string of the molecule is Cc1cccc(C(O)C(CN)c2ccccc2F)c1Cl. The summed E-state index contributed by atoms with van der Waals surface area (Å²) in [7, 11) is 0. The maximum Gasteiger partial charge on any atom is 0.126 e. The zero-order valence-electron chi connectivity index (χ0n) is 11.2. The van der Waals surface area contributed by atoms with E-state index in [9.17, 15) is 9.50 Å². The van der Waals surface area contributed by atoms with Crippen molar-refractivity contribution in [2.75, 3.05) is 6.54 Å². The van der Waals surface area contributed by atoms with Gasteiger partial charge in [-0.1, -0.05) is 48.0 Å². The summed E-state index contributed by atoms with van der Waals surface area (Å²) in [6, 6.07) is 11.8. The van der Waals surface area contributed by atoms with Crippen molar-refractivity contribution in [1.82, 2.24) is 0 Å². The van der Waals surface area contributed by atoms with Crippen LogP contribution in [0.5, 0.6) is 0 Å². The molecule has 3 N–H and O–H groups in total. The van der Waals surface area contributed by atoms with E-state index in [2.05, 4.69) is 0 Å². The normalized spacial score (nSPS) is 14.1. The molecular formula is C16H17ClFNO. The first-order valence-corrected chi connectivity index (χ1v) is 6.81. The molecule has 20 heavy (non-hydrogen) atoms. The van der Waals surface area contributed by atoms with Crippen LogP contribution in [0, 0.1) is 12.7 Å². The smallest absolute Gasteiger partial charge is 0.126 e. The summed E-state index contributed by atoms with van der Waals surface area (Å²) >= 11 is 6.22. The number of nitrogens with two attached hydrogens (primary N) is 1. The second kappa shape index (κ2) is 6.35. The molecule has 0 aliphatic heterocycles. The number of halogens is 2. The molecule has 0 aliphatic carbocycles. The predicted octanol–water partition coefficient (Wildman–Crippen LogP) is 3.56. The van der Waals surface area contributed by atoms with Gasteiger partial charge in [-0.2, -0.15) is 0 Å². The Bertz CT molecular complexity index is 603. The third-order valence-electron chi connectivity index (χ3n) is 3.48. The molecule has 0 radical (unpaired) electrons. The molecule has 106 valence electrons. The Kier molecular flexibility index (Phi) is 4.76. The van der Waals surface area contributed by atoms with Gasteiger partial charge in [0, 0.05) is 23.0 Å². The summed E-state index contributed by atoms with van der Waals surface area (Å²) in [6.45, 7) is 1.99. The van der Waals surface area contributed by atoms with Crippen molar-refractivity contribution >= 4 is 11.6 Å². The molecule has 0 spiro atoms. The first-order valence-electron chi connectivity index (χ1n) is 6.43. The van der Waals surface area contributed by atoms with Crippen molar-refractivity contribution in [3.63, 3.8) is 0 Å². The lowest BCUT2D eigenvalue weighted by Crippen LogP contribution is -2.21. The molecule has 0 aromatic heterocycles. The molecule has 2 rings (SSSR count). The van der Waals surface area contributed by atoms with E-state index in [-0.39, 0.29) is 12.4 Å². The Hall–Kier alpha value is -1.42. The van der Waals surface area contributed by atoms with E-state index in [0.717, 1.165) is 5.56 Å². The second-order valence-electron chi connectivity index (χ2n) is 4.79. The Balaban J connectivity index is 2.42. The average molecular weight is 294 g/mol. The van der Waals surface area contributed by atoms with E-state index in [1.807, 2.05) is 19.1 Å². The van der Waals surface area contributed by atoms with E-state index in [1.165, 1.54) is 6.07 Å². The minimum absolute atomic E-state index is 0.131. The highest BCUT2D eigenvalue weighted by Crippen LogP contribution is 2.36. The van der Waals surface area contributed by atoms with E-state index < -0.39 is 12.0 Å². The predicted molar refractivity (Wildman–Crippen MR) is 79.3 cm³/mol. The van der Waals surface area contributed by atoms with E-state index in [4.69, 9.17) is 17.3 Å². The summed E-state index contributed by atoms with van der Waals surface area (Å²) in [6.07, 6.45) is -0.940. The van der Waals surface area contributed by atoms with Gasteiger partial charge in [-0.05, 0) is 24.1 Å². The minimum Gasteiger partial charge on any atom is -0.388 e. The monoisotopic (exact) mass is 293 g/mol. The fraction of sp³-hybridized carbons (Fsp3) is 0.250. The Morgan fingerprint density at radius 3 is 2.45 bits per heavy atom. The summed E-state index contributed by atoms with van der Waals surface area (Å²) in [5, 5.41) is 11.0. The van der Waals surface area contributed by atoms with Gasteiger partial charge >= 0.3 is 0 Å². The van der Waals surface area contributed by atoms with Crippen LogP contribution < -0.4 is 5.73 Å². The quantitative estimate of drug-likeness (QED) is 0.905. The summed E-state index contributed by atoms with van der Waals surface area (Å²) < 4.78 is 13.9. The molecule has 2 aromatic rings. The Morgan fingerprint density at radius 2 is 1.80 bits per heavy atom. The summed E-state index contributed by atoms with van der Waals surface area (Å²) in [5.74, 6) is -0.902. The van der Waals surface area contributed by atoms with Crippen molar-refractivity contribution in [2.45, 2.75) is 18.9 Å². The van der Waals surface area contributed by atoms with Gasteiger partial charge in [0.05, 0.1) is 6.10 Å². The van der Waals surface area contributed by atoms with E-state index >= 15 is 0 Å². The van der Waals surface area contributed by atoms with Crippen LogP contribution in [-0.4, -0.2) is 11.7 Å². The van der Waals surface area contributed by atoms with Crippen LogP contribution in [0.2, 0.25) is 5.02 Å². The first kappa shape index (κ1) is 15.0. The molecule has 2 atom stereocenters. The highest BCUT2D eigenvalue weighted by Gasteiger charge is 2.25. The number of aliphatic hydroxyl groups excluding tert-OH is 1. The molecule has 4 heteroatoms. The Morgan fingerprint density at radius 1 is 1.15 bits per heavy atom. The van der Waals surface area contributed by atoms with Gasteiger partial charge in [0.1, 0.15) is 5.82 Å².